The molecule has 104 valence electrons. The van der Waals surface area contributed by atoms with Gasteiger partial charge in [0.25, 0.3) is 0 Å². The maximum atomic E-state index is 11.4. The van der Waals surface area contributed by atoms with Gasteiger partial charge >= 0.3 is 5.69 Å². The van der Waals surface area contributed by atoms with Crippen molar-refractivity contribution in [2.45, 2.75) is 19.4 Å². The molecule has 1 N–H and O–H groups in total. The summed E-state index contributed by atoms with van der Waals surface area (Å²) in [6.45, 7) is 2.61. The summed E-state index contributed by atoms with van der Waals surface area (Å²) in [7, 11) is 1.95. The summed E-state index contributed by atoms with van der Waals surface area (Å²) >= 11 is 1.91. The first-order valence-electron chi connectivity index (χ1n) is 6.47. The van der Waals surface area contributed by atoms with Crippen LogP contribution in [-0.4, -0.2) is 36.1 Å². The Hall–Kier alpha value is -1.43. The molecule has 0 radical (unpaired) electrons. The molecule has 19 heavy (non-hydrogen) atoms. The number of hydrogen-bond acceptors (Lipinski definition) is 5. The smallest absolute Gasteiger partial charge is 0.315 e. The second-order valence-corrected chi connectivity index (χ2v) is 5.74. The molecule has 0 aromatic heterocycles. The lowest BCUT2D eigenvalue weighted by Gasteiger charge is -2.26. The van der Waals surface area contributed by atoms with Gasteiger partial charge in [0.1, 0.15) is 11.4 Å². The third-order valence-corrected chi connectivity index (χ3v) is 4.54. The summed E-state index contributed by atoms with van der Waals surface area (Å²) in [5, 5.41) is 14.4. The van der Waals surface area contributed by atoms with Gasteiger partial charge in [-0.2, -0.15) is 11.8 Å². The Kier molecular flexibility index (Phi) is 4.52. The molecule has 1 fully saturated rings. The highest BCUT2D eigenvalue weighted by Crippen LogP contribution is 2.37. The molecule has 0 spiro atoms. The topological polar surface area (TPSA) is 58.4 Å². The van der Waals surface area contributed by atoms with Crippen LogP contribution in [-0.2, 0) is 0 Å². The number of anilines is 2. The molecule has 0 bridgehead atoms. The molecular weight excluding hydrogens is 262 g/mol. The van der Waals surface area contributed by atoms with Crippen LogP contribution in [0.1, 0.15) is 13.3 Å². The Bertz CT molecular complexity index is 461. The lowest BCUT2D eigenvalue weighted by atomic mass is 10.1. The van der Waals surface area contributed by atoms with E-state index in [1.54, 1.807) is 6.07 Å². The zero-order chi connectivity index (χ0) is 13.8. The van der Waals surface area contributed by atoms with E-state index in [1.165, 1.54) is 0 Å². The molecule has 0 saturated carbocycles. The zero-order valence-corrected chi connectivity index (χ0v) is 12.1. The van der Waals surface area contributed by atoms with Crippen LogP contribution in [0, 0.1) is 10.1 Å². The van der Waals surface area contributed by atoms with E-state index in [9.17, 15) is 10.1 Å². The van der Waals surface area contributed by atoms with Crippen LogP contribution in [0.3, 0.4) is 0 Å². The van der Waals surface area contributed by atoms with Gasteiger partial charge in [-0.3, -0.25) is 10.1 Å². The van der Waals surface area contributed by atoms with Crippen molar-refractivity contribution in [3.8, 4) is 0 Å². The first-order chi connectivity index (χ1) is 9.15. The second kappa shape index (κ2) is 6.14. The molecular formula is C13H19N3O2S. The molecule has 0 aliphatic carbocycles. The quantitative estimate of drug-likeness (QED) is 0.664. The van der Waals surface area contributed by atoms with Crippen molar-refractivity contribution in [2.24, 2.45) is 0 Å². The van der Waals surface area contributed by atoms with Gasteiger partial charge in [-0.1, -0.05) is 6.07 Å². The highest BCUT2D eigenvalue weighted by atomic mass is 32.2. The monoisotopic (exact) mass is 281 g/mol. The molecule has 1 aromatic rings. The highest BCUT2D eigenvalue weighted by Gasteiger charge is 2.27. The van der Waals surface area contributed by atoms with E-state index in [2.05, 4.69) is 10.2 Å². The maximum Gasteiger partial charge on any atom is 0.315 e. The van der Waals surface area contributed by atoms with Crippen molar-refractivity contribution in [1.82, 2.24) is 0 Å². The van der Waals surface area contributed by atoms with Gasteiger partial charge in [-0.15, -0.1) is 0 Å². The van der Waals surface area contributed by atoms with E-state index in [-0.39, 0.29) is 10.6 Å². The maximum absolute atomic E-state index is 11.4. The standard InChI is InChI=1S/C13H19N3O2S/c1-3-14-11-5-4-6-12(13(11)16(17)18)15(2)10-7-8-19-9-10/h4-6,10,14H,3,7-9H2,1-2H3. The molecule has 1 heterocycles. The van der Waals surface area contributed by atoms with E-state index < -0.39 is 0 Å². The fourth-order valence-corrected chi connectivity index (χ4v) is 3.63. The third-order valence-electron chi connectivity index (χ3n) is 3.40. The van der Waals surface area contributed by atoms with Crippen molar-refractivity contribution in [3.63, 3.8) is 0 Å². The van der Waals surface area contributed by atoms with E-state index >= 15 is 0 Å². The third kappa shape index (κ3) is 2.94. The predicted octanol–water partition coefficient (Wildman–Crippen LogP) is 2.97. The van der Waals surface area contributed by atoms with Crippen molar-refractivity contribution in [2.75, 3.05) is 35.3 Å². The first kappa shape index (κ1) is 14.0. The van der Waals surface area contributed by atoms with Crippen molar-refractivity contribution < 1.29 is 4.92 Å². The van der Waals surface area contributed by atoms with Crippen molar-refractivity contribution in [3.05, 3.63) is 28.3 Å². The number of para-hydroxylation sites is 1. The molecule has 1 atom stereocenters. The van der Waals surface area contributed by atoms with Crippen LogP contribution in [0.2, 0.25) is 0 Å². The predicted molar refractivity (Wildman–Crippen MR) is 81.4 cm³/mol. The van der Waals surface area contributed by atoms with E-state index in [0.717, 1.165) is 17.9 Å². The number of nitrogens with zero attached hydrogens (tertiary/aromatic N) is 2. The average Bonchev–Trinajstić information content (AvgIpc) is 2.91. The van der Waals surface area contributed by atoms with Gasteiger partial charge in [0.15, 0.2) is 0 Å². The van der Waals surface area contributed by atoms with Gasteiger partial charge in [-0.05, 0) is 31.2 Å². The fourth-order valence-electron chi connectivity index (χ4n) is 2.37. The molecule has 1 aliphatic rings. The van der Waals surface area contributed by atoms with Crippen LogP contribution >= 0.6 is 11.8 Å². The Labute approximate surface area is 117 Å². The SMILES string of the molecule is CCNc1cccc(N(C)C2CCSC2)c1[N+](=O)[O-]. The summed E-state index contributed by atoms with van der Waals surface area (Å²) in [5.41, 5.74) is 1.49. The molecule has 1 aromatic carbocycles. The summed E-state index contributed by atoms with van der Waals surface area (Å²) in [6.07, 6.45) is 1.09. The Morgan fingerprint density at radius 2 is 2.37 bits per heavy atom. The molecule has 2 rings (SSSR count). The minimum Gasteiger partial charge on any atom is -0.380 e. The molecule has 6 heteroatoms. The van der Waals surface area contributed by atoms with Gasteiger partial charge < -0.3 is 10.2 Å². The van der Waals surface area contributed by atoms with Crippen LogP contribution in [0.5, 0.6) is 0 Å². The summed E-state index contributed by atoms with van der Waals surface area (Å²) in [5.74, 6) is 2.18. The van der Waals surface area contributed by atoms with Gasteiger partial charge in [-0.25, -0.2) is 0 Å². The Morgan fingerprint density at radius 3 is 2.95 bits per heavy atom. The normalized spacial score (nSPS) is 18.3. The highest BCUT2D eigenvalue weighted by molar-refractivity contribution is 7.99. The van der Waals surface area contributed by atoms with E-state index in [0.29, 0.717) is 24.0 Å². The number of thioether (sulfide) groups is 1. The number of hydrogen-bond donors (Lipinski definition) is 1. The van der Waals surface area contributed by atoms with Crippen molar-refractivity contribution in [1.29, 1.82) is 0 Å². The van der Waals surface area contributed by atoms with Crippen LogP contribution in [0.25, 0.3) is 0 Å². The molecule has 0 amide bonds. The lowest BCUT2D eigenvalue weighted by Crippen LogP contribution is -2.31. The number of benzene rings is 1. The van der Waals surface area contributed by atoms with Crippen LogP contribution in [0.15, 0.2) is 18.2 Å². The summed E-state index contributed by atoms with van der Waals surface area (Å²) in [6, 6.07) is 5.86. The number of nitro benzene ring substituents is 1. The van der Waals surface area contributed by atoms with Gasteiger partial charge in [0.2, 0.25) is 0 Å². The van der Waals surface area contributed by atoms with Crippen LogP contribution < -0.4 is 10.2 Å². The largest absolute Gasteiger partial charge is 0.380 e. The molecule has 1 saturated heterocycles. The van der Waals surface area contributed by atoms with E-state index in [4.69, 9.17) is 0 Å². The number of nitro groups is 1. The van der Waals surface area contributed by atoms with E-state index in [1.807, 2.05) is 37.9 Å². The Balaban J connectivity index is 2.37. The molecule has 5 nitrogen and oxygen atoms in total. The number of nitrogens with one attached hydrogen (secondary N) is 1. The molecule has 1 aliphatic heterocycles. The Morgan fingerprint density at radius 1 is 1.58 bits per heavy atom. The fraction of sp³-hybridized carbons (Fsp3) is 0.538. The first-order valence-corrected chi connectivity index (χ1v) is 7.62. The minimum atomic E-state index is -0.286. The second-order valence-electron chi connectivity index (χ2n) is 4.59. The van der Waals surface area contributed by atoms with Gasteiger partial charge in [0.05, 0.1) is 4.92 Å². The summed E-state index contributed by atoms with van der Waals surface area (Å²) in [4.78, 5) is 13.1. The van der Waals surface area contributed by atoms with Crippen molar-refractivity contribution >= 4 is 28.8 Å². The number of rotatable bonds is 5. The minimum absolute atomic E-state index is 0.184. The molecule has 1 unspecified atom stereocenters. The lowest BCUT2D eigenvalue weighted by molar-refractivity contribution is -0.383. The van der Waals surface area contributed by atoms with Crippen LogP contribution in [0.4, 0.5) is 17.1 Å². The average molecular weight is 281 g/mol. The summed E-state index contributed by atoms with van der Waals surface area (Å²) < 4.78 is 0. The zero-order valence-electron chi connectivity index (χ0n) is 11.3. The van der Waals surface area contributed by atoms with Gasteiger partial charge in [0, 0.05) is 25.4 Å².